The maximum Gasteiger partial charge on any atom is 0.408 e. The molecule has 0 aromatic carbocycles. The molecule has 0 fully saturated rings. The molecule has 1 unspecified atom stereocenters. The fraction of sp³-hybridized carbons (Fsp3) is 0.636. The molecule has 0 aliphatic carbocycles. The summed E-state index contributed by atoms with van der Waals surface area (Å²) in [5.74, 6) is -0.919. The predicted molar refractivity (Wildman–Crippen MR) is 60.2 cm³/mol. The lowest BCUT2D eigenvalue weighted by Gasteiger charge is -2.27. The van der Waals surface area contributed by atoms with E-state index in [1.54, 1.807) is 0 Å². The van der Waals surface area contributed by atoms with Crippen molar-refractivity contribution in [2.45, 2.75) is 32.7 Å². The van der Waals surface area contributed by atoms with Crippen LogP contribution in [0.1, 0.15) is 27.2 Å². The van der Waals surface area contributed by atoms with Gasteiger partial charge >= 0.3 is 12.1 Å². The SMILES string of the molecule is C=CCOC(=O)NC(C)(CC(C)C)C(=O)O. The molecule has 0 aromatic heterocycles. The highest BCUT2D eigenvalue weighted by Gasteiger charge is 2.35. The number of alkyl carbamates (subject to hydrolysis) is 1. The summed E-state index contributed by atoms with van der Waals surface area (Å²) >= 11 is 0. The molecule has 1 atom stereocenters. The molecule has 0 aliphatic heterocycles. The molecule has 0 saturated heterocycles. The van der Waals surface area contributed by atoms with Crippen molar-refractivity contribution in [1.29, 1.82) is 0 Å². The molecule has 2 N–H and O–H groups in total. The van der Waals surface area contributed by atoms with Crippen molar-refractivity contribution >= 4 is 12.1 Å². The van der Waals surface area contributed by atoms with Crippen LogP contribution in [0.2, 0.25) is 0 Å². The van der Waals surface area contributed by atoms with E-state index in [4.69, 9.17) is 5.11 Å². The molecule has 0 bridgehead atoms. The second-order valence-corrected chi connectivity index (χ2v) is 4.25. The summed E-state index contributed by atoms with van der Waals surface area (Å²) in [5, 5.41) is 11.4. The molecule has 0 spiro atoms. The molecular weight excluding hydrogens is 210 g/mol. The highest BCUT2D eigenvalue weighted by atomic mass is 16.5. The second-order valence-electron chi connectivity index (χ2n) is 4.25. The van der Waals surface area contributed by atoms with Crippen molar-refractivity contribution in [3.63, 3.8) is 0 Å². The number of hydrogen-bond acceptors (Lipinski definition) is 3. The van der Waals surface area contributed by atoms with Crippen LogP contribution in [0, 0.1) is 5.92 Å². The number of amides is 1. The number of carboxylic acid groups (broad SMARTS) is 1. The predicted octanol–water partition coefficient (Wildman–Crippen LogP) is 1.79. The van der Waals surface area contributed by atoms with Gasteiger partial charge < -0.3 is 15.2 Å². The van der Waals surface area contributed by atoms with Crippen LogP contribution in [0.25, 0.3) is 0 Å². The fourth-order valence-corrected chi connectivity index (χ4v) is 1.40. The lowest BCUT2D eigenvalue weighted by molar-refractivity contribution is -0.144. The summed E-state index contributed by atoms with van der Waals surface area (Å²) in [6.07, 6.45) is 1.01. The zero-order valence-electron chi connectivity index (χ0n) is 9.95. The number of ether oxygens (including phenoxy) is 1. The Balaban J connectivity index is 4.49. The van der Waals surface area contributed by atoms with E-state index in [0.717, 1.165) is 0 Å². The third kappa shape index (κ3) is 4.82. The average molecular weight is 229 g/mol. The molecule has 0 saturated carbocycles. The van der Waals surface area contributed by atoms with Gasteiger partial charge in [0.25, 0.3) is 0 Å². The van der Waals surface area contributed by atoms with Gasteiger partial charge in [0.2, 0.25) is 0 Å². The molecule has 0 aliphatic rings. The quantitative estimate of drug-likeness (QED) is 0.681. The van der Waals surface area contributed by atoms with Crippen LogP contribution in [0.15, 0.2) is 12.7 Å². The van der Waals surface area contributed by atoms with Gasteiger partial charge in [0.1, 0.15) is 12.1 Å². The summed E-state index contributed by atoms with van der Waals surface area (Å²) in [6, 6.07) is 0. The standard InChI is InChI=1S/C11H19NO4/c1-5-6-16-10(15)12-11(4,9(13)14)7-8(2)3/h5,8H,1,6-7H2,2-4H3,(H,12,15)(H,13,14). The Kier molecular flexibility index (Phi) is 5.56. The minimum atomic E-state index is -1.30. The Labute approximate surface area is 95.5 Å². The first kappa shape index (κ1) is 14.5. The van der Waals surface area contributed by atoms with Gasteiger partial charge in [0.05, 0.1) is 0 Å². The number of carboxylic acids is 1. The van der Waals surface area contributed by atoms with Crippen LogP contribution >= 0.6 is 0 Å². The van der Waals surface area contributed by atoms with Crippen molar-refractivity contribution in [2.75, 3.05) is 6.61 Å². The topological polar surface area (TPSA) is 75.6 Å². The van der Waals surface area contributed by atoms with Gasteiger partial charge in [-0.3, -0.25) is 0 Å². The molecule has 1 amide bonds. The number of rotatable bonds is 6. The van der Waals surface area contributed by atoms with Crippen molar-refractivity contribution < 1.29 is 19.4 Å². The second kappa shape index (κ2) is 6.15. The van der Waals surface area contributed by atoms with E-state index in [-0.39, 0.29) is 12.5 Å². The summed E-state index contributed by atoms with van der Waals surface area (Å²) in [6.45, 7) is 8.69. The summed E-state index contributed by atoms with van der Waals surface area (Å²) in [4.78, 5) is 22.3. The van der Waals surface area contributed by atoms with Gasteiger partial charge in [-0.2, -0.15) is 0 Å². The van der Waals surface area contributed by atoms with Gasteiger partial charge in [0, 0.05) is 0 Å². The van der Waals surface area contributed by atoms with Crippen molar-refractivity contribution in [2.24, 2.45) is 5.92 Å². The smallest absolute Gasteiger partial charge is 0.408 e. The average Bonchev–Trinajstić information content (AvgIpc) is 2.12. The maximum absolute atomic E-state index is 11.3. The van der Waals surface area contributed by atoms with E-state index < -0.39 is 17.6 Å². The minimum absolute atomic E-state index is 0.0587. The Morgan fingerprint density at radius 1 is 1.56 bits per heavy atom. The highest BCUT2D eigenvalue weighted by molar-refractivity contribution is 5.83. The summed E-state index contributed by atoms with van der Waals surface area (Å²) < 4.78 is 4.69. The van der Waals surface area contributed by atoms with Gasteiger partial charge in [-0.15, -0.1) is 0 Å². The molecule has 0 rings (SSSR count). The number of carbonyl (C=O) groups excluding carboxylic acids is 1. The van der Waals surface area contributed by atoms with Crippen LogP contribution in [0.5, 0.6) is 0 Å². The third-order valence-electron chi connectivity index (χ3n) is 2.00. The van der Waals surface area contributed by atoms with E-state index in [9.17, 15) is 9.59 Å². The molecule has 0 radical (unpaired) electrons. The molecule has 0 heterocycles. The van der Waals surface area contributed by atoms with Crippen LogP contribution < -0.4 is 5.32 Å². The summed E-state index contributed by atoms with van der Waals surface area (Å²) in [7, 11) is 0. The maximum atomic E-state index is 11.3. The largest absolute Gasteiger partial charge is 0.480 e. The van der Waals surface area contributed by atoms with Crippen molar-refractivity contribution in [3.8, 4) is 0 Å². The fourth-order valence-electron chi connectivity index (χ4n) is 1.40. The molecule has 0 aromatic rings. The zero-order chi connectivity index (χ0) is 12.8. The Morgan fingerprint density at radius 2 is 2.12 bits per heavy atom. The number of nitrogens with one attached hydrogen (secondary N) is 1. The molecule has 16 heavy (non-hydrogen) atoms. The first-order valence-corrected chi connectivity index (χ1v) is 5.11. The molecule has 5 heteroatoms. The Hall–Kier alpha value is -1.52. The highest BCUT2D eigenvalue weighted by Crippen LogP contribution is 2.17. The normalized spacial score (nSPS) is 14.0. The zero-order valence-corrected chi connectivity index (χ0v) is 9.95. The summed E-state index contributed by atoms with van der Waals surface area (Å²) in [5.41, 5.74) is -1.30. The van der Waals surface area contributed by atoms with Crippen LogP contribution in [0.4, 0.5) is 4.79 Å². The van der Waals surface area contributed by atoms with Crippen molar-refractivity contribution in [1.82, 2.24) is 5.32 Å². The van der Waals surface area contributed by atoms with Crippen molar-refractivity contribution in [3.05, 3.63) is 12.7 Å². The van der Waals surface area contributed by atoms with Gasteiger partial charge in [-0.25, -0.2) is 9.59 Å². The van der Waals surface area contributed by atoms with Gasteiger partial charge in [-0.1, -0.05) is 26.5 Å². The van der Waals surface area contributed by atoms with Crippen LogP contribution in [-0.2, 0) is 9.53 Å². The lowest BCUT2D eigenvalue weighted by atomic mass is 9.91. The number of aliphatic carboxylic acids is 1. The first-order chi connectivity index (χ1) is 7.31. The van der Waals surface area contributed by atoms with E-state index >= 15 is 0 Å². The molecule has 92 valence electrons. The van der Waals surface area contributed by atoms with E-state index in [1.165, 1.54) is 13.0 Å². The van der Waals surface area contributed by atoms with Gasteiger partial charge in [-0.05, 0) is 19.3 Å². The Morgan fingerprint density at radius 3 is 2.50 bits per heavy atom. The van der Waals surface area contributed by atoms with Crippen LogP contribution in [-0.4, -0.2) is 29.3 Å². The molecular formula is C11H19NO4. The number of carbonyl (C=O) groups is 2. The first-order valence-electron chi connectivity index (χ1n) is 5.11. The third-order valence-corrected chi connectivity index (χ3v) is 2.00. The van der Waals surface area contributed by atoms with Gasteiger partial charge in [0.15, 0.2) is 0 Å². The van der Waals surface area contributed by atoms with Crippen LogP contribution in [0.3, 0.4) is 0 Å². The monoisotopic (exact) mass is 229 g/mol. The minimum Gasteiger partial charge on any atom is -0.480 e. The lowest BCUT2D eigenvalue weighted by Crippen LogP contribution is -2.53. The Bertz CT molecular complexity index is 275. The van der Waals surface area contributed by atoms with E-state index in [0.29, 0.717) is 6.42 Å². The molecule has 5 nitrogen and oxygen atoms in total. The number of hydrogen-bond donors (Lipinski definition) is 2. The van der Waals surface area contributed by atoms with E-state index in [2.05, 4.69) is 16.6 Å². The van der Waals surface area contributed by atoms with E-state index in [1.807, 2.05) is 13.8 Å².